The molecular formula is C27H22Cl2N2O5S2. The van der Waals surface area contributed by atoms with Gasteiger partial charge < -0.3 is 19.5 Å². The molecule has 11 heteroatoms. The van der Waals surface area contributed by atoms with Gasteiger partial charge in [0, 0.05) is 0 Å². The molecule has 0 unspecified atom stereocenters. The highest BCUT2D eigenvalue weighted by atomic mass is 35.5. The lowest BCUT2D eigenvalue weighted by atomic mass is 10.2. The second kappa shape index (κ2) is 12.5. The van der Waals surface area contributed by atoms with E-state index in [9.17, 15) is 9.59 Å². The topological polar surface area (TPSA) is 77.1 Å². The zero-order chi connectivity index (χ0) is 27.2. The molecule has 3 aromatic rings. The van der Waals surface area contributed by atoms with Crippen molar-refractivity contribution in [1.82, 2.24) is 0 Å². The highest BCUT2D eigenvalue weighted by Crippen LogP contribution is 2.39. The molecule has 0 aliphatic carbocycles. The van der Waals surface area contributed by atoms with E-state index < -0.39 is 0 Å². The molecule has 3 aromatic carbocycles. The Morgan fingerprint density at radius 1 is 1.03 bits per heavy atom. The van der Waals surface area contributed by atoms with Gasteiger partial charge in [-0.25, -0.2) is 0 Å². The van der Waals surface area contributed by atoms with Crippen molar-refractivity contribution in [3.63, 3.8) is 0 Å². The minimum absolute atomic E-state index is 0.238. The lowest BCUT2D eigenvalue weighted by Crippen LogP contribution is -2.27. The van der Waals surface area contributed by atoms with Crippen molar-refractivity contribution in [3.05, 3.63) is 81.2 Å². The summed E-state index contributed by atoms with van der Waals surface area (Å²) in [4.78, 5) is 27.4. The molecular weight excluding hydrogens is 567 g/mol. The van der Waals surface area contributed by atoms with Crippen LogP contribution in [0.1, 0.15) is 12.5 Å². The fourth-order valence-corrected chi connectivity index (χ4v) is 5.13. The van der Waals surface area contributed by atoms with Gasteiger partial charge in [-0.15, -0.1) is 0 Å². The first-order chi connectivity index (χ1) is 18.3. The molecule has 0 bridgehead atoms. The number of nitrogens with zero attached hydrogens (tertiary/aromatic N) is 1. The van der Waals surface area contributed by atoms with E-state index in [1.54, 1.807) is 60.7 Å². The van der Waals surface area contributed by atoms with Gasteiger partial charge in [0.15, 0.2) is 22.4 Å². The quantitative estimate of drug-likeness (QED) is 0.217. The number of benzene rings is 3. The zero-order valence-electron chi connectivity index (χ0n) is 20.3. The average Bonchev–Trinajstić information content (AvgIpc) is 3.18. The molecule has 0 aromatic heterocycles. The SMILES string of the molecule is CCOc1ccccc1NC(=O)COc1ccc(/C=C2\SC(=S)N(c3ccc(Cl)c(Cl)c3)C2=O)cc1OC. The summed E-state index contributed by atoms with van der Waals surface area (Å²) in [6, 6.07) is 17.2. The fraction of sp³-hybridized carbons (Fsp3) is 0.148. The van der Waals surface area contributed by atoms with E-state index in [2.05, 4.69) is 5.32 Å². The second-order valence-corrected chi connectivity index (χ2v) is 10.3. The first-order valence-electron chi connectivity index (χ1n) is 11.4. The minimum Gasteiger partial charge on any atom is -0.493 e. The molecule has 0 atom stereocenters. The molecule has 196 valence electrons. The maximum atomic E-state index is 13.1. The highest BCUT2D eigenvalue weighted by Gasteiger charge is 2.33. The maximum absolute atomic E-state index is 13.1. The third kappa shape index (κ3) is 6.42. The number of anilines is 2. The summed E-state index contributed by atoms with van der Waals surface area (Å²) in [5, 5.41) is 3.50. The molecule has 2 amide bonds. The Bertz CT molecular complexity index is 1430. The Hall–Kier alpha value is -3.24. The molecule has 7 nitrogen and oxygen atoms in total. The van der Waals surface area contributed by atoms with Crippen molar-refractivity contribution in [3.8, 4) is 17.2 Å². The maximum Gasteiger partial charge on any atom is 0.270 e. The second-order valence-electron chi connectivity index (χ2n) is 7.79. The molecule has 1 aliphatic heterocycles. The van der Waals surface area contributed by atoms with Crippen molar-refractivity contribution in [2.45, 2.75) is 6.92 Å². The van der Waals surface area contributed by atoms with Crippen molar-refractivity contribution >= 4 is 80.8 Å². The van der Waals surface area contributed by atoms with E-state index in [0.29, 0.717) is 60.1 Å². The average molecular weight is 590 g/mol. The van der Waals surface area contributed by atoms with Crippen LogP contribution in [0.4, 0.5) is 11.4 Å². The number of thiocarbonyl (C=S) groups is 1. The van der Waals surface area contributed by atoms with Gasteiger partial charge in [0.2, 0.25) is 0 Å². The lowest BCUT2D eigenvalue weighted by Gasteiger charge is -2.15. The number of hydrogen-bond donors (Lipinski definition) is 1. The zero-order valence-corrected chi connectivity index (χ0v) is 23.5. The molecule has 1 heterocycles. The van der Waals surface area contributed by atoms with Crippen LogP contribution in [0.5, 0.6) is 17.2 Å². The smallest absolute Gasteiger partial charge is 0.270 e. The van der Waals surface area contributed by atoms with E-state index in [4.69, 9.17) is 49.6 Å². The largest absolute Gasteiger partial charge is 0.493 e. The van der Waals surface area contributed by atoms with Crippen LogP contribution in [0, 0.1) is 0 Å². The first kappa shape index (κ1) is 27.8. The highest BCUT2D eigenvalue weighted by molar-refractivity contribution is 8.27. The van der Waals surface area contributed by atoms with Gasteiger partial charge in [0.25, 0.3) is 11.8 Å². The number of carbonyl (C=O) groups is 2. The number of rotatable bonds is 9. The number of methoxy groups -OCH3 is 1. The Morgan fingerprint density at radius 3 is 2.55 bits per heavy atom. The summed E-state index contributed by atoms with van der Waals surface area (Å²) < 4.78 is 17.1. The fourth-order valence-electron chi connectivity index (χ4n) is 3.54. The summed E-state index contributed by atoms with van der Waals surface area (Å²) in [5.74, 6) is 0.730. The van der Waals surface area contributed by atoms with Gasteiger partial charge in [0.05, 0.1) is 40.0 Å². The number of carbonyl (C=O) groups excluding carboxylic acids is 2. The van der Waals surface area contributed by atoms with Crippen LogP contribution in [0.15, 0.2) is 65.6 Å². The van der Waals surface area contributed by atoms with E-state index in [0.717, 1.165) is 0 Å². The van der Waals surface area contributed by atoms with Crippen LogP contribution < -0.4 is 24.4 Å². The monoisotopic (exact) mass is 588 g/mol. The number of para-hydroxylation sites is 2. The Morgan fingerprint density at radius 2 is 1.82 bits per heavy atom. The van der Waals surface area contributed by atoms with Crippen LogP contribution in [-0.2, 0) is 9.59 Å². The number of thioether (sulfide) groups is 1. The molecule has 0 radical (unpaired) electrons. The van der Waals surface area contributed by atoms with Crippen LogP contribution in [0.25, 0.3) is 6.08 Å². The molecule has 38 heavy (non-hydrogen) atoms. The van der Waals surface area contributed by atoms with Crippen LogP contribution >= 0.6 is 47.2 Å². The molecule has 1 fully saturated rings. The minimum atomic E-state index is -0.353. The molecule has 1 aliphatic rings. The number of amides is 2. The number of hydrogen-bond acceptors (Lipinski definition) is 7. The van der Waals surface area contributed by atoms with E-state index in [-0.39, 0.29) is 18.4 Å². The van der Waals surface area contributed by atoms with Crippen LogP contribution in [-0.4, -0.2) is 36.5 Å². The predicted octanol–water partition coefficient (Wildman–Crippen LogP) is 6.82. The third-order valence-electron chi connectivity index (χ3n) is 5.26. The van der Waals surface area contributed by atoms with Crippen molar-refractivity contribution in [2.75, 3.05) is 30.5 Å². The molecule has 1 saturated heterocycles. The standard InChI is InChI=1S/C27H22Cl2N2O5S2/c1-3-35-21-7-5-4-6-20(21)30-25(32)15-36-22-11-8-16(12-23(22)34-2)13-24-26(33)31(27(37)38-24)17-9-10-18(28)19(29)14-17/h4-14H,3,15H2,1-2H3,(H,30,32)/b24-13-. The first-order valence-corrected chi connectivity index (χ1v) is 13.3. The van der Waals surface area contributed by atoms with Gasteiger partial charge in [0.1, 0.15) is 5.75 Å². The normalized spacial score (nSPS) is 14.1. The van der Waals surface area contributed by atoms with Gasteiger partial charge >= 0.3 is 0 Å². The molecule has 0 saturated carbocycles. The lowest BCUT2D eigenvalue weighted by molar-refractivity contribution is -0.118. The predicted molar refractivity (Wildman–Crippen MR) is 157 cm³/mol. The Balaban J connectivity index is 1.45. The summed E-state index contributed by atoms with van der Waals surface area (Å²) >= 11 is 18.7. The van der Waals surface area contributed by atoms with Gasteiger partial charge in [-0.3, -0.25) is 14.5 Å². The van der Waals surface area contributed by atoms with Gasteiger partial charge in [-0.1, -0.05) is 65.4 Å². The van der Waals surface area contributed by atoms with Crippen LogP contribution in [0.2, 0.25) is 10.0 Å². The number of halogens is 2. The third-order valence-corrected chi connectivity index (χ3v) is 7.30. The summed E-state index contributed by atoms with van der Waals surface area (Å²) in [6.45, 7) is 2.11. The summed E-state index contributed by atoms with van der Waals surface area (Å²) in [7, 11) is 1.49. The van der Waals surface area contributed by atoms with E-state index in [1.165, 1.54) is 23.8 Å². The van der Waals surface area contributed by atoms with Crippen molar-refractivity contribution in [1.29, 1.82) is 0 Å². The number of nitrogens with one attached hydrogen (secondary N) is 1. The van der Waals surface area contributed by atoms with Crippen molar-refractivity contribution in [2.24, 2.45) is 0 Å². The molecule has 0 spiro atoms. The molecule has 4 rings (SSSR count). The Kier molecular flexibility index (Phi) is 9.17. The summed E-state index contributed by atoms with van der Waals surface area (Å²) in [6.07, 6.45) is 1.71. The van der Waals surface area contributed by atoms with Gasteiger partial charge in [-0.2, -0.15) is 0 Å². The molecule has 1 N–H and O–H groups in total. The van der Waals surface area contributed by atoms with E-state index in [1.807, 2.05) is 13.0 Å². The number of ether oxygens (including phenoxy) is 3. The van der Waals surface area contributed by atoms with Crippen LogP contribution in [0.3, 0.4) is 0 Å². The van der Waals surface area contributed by atoms with Gasteiger partial charge in [-0.05, 0) is 61.0 Å². The van der Waals surface area contributed by atoms with E-state index >= 15 is 0 Å². The van der Waals surface area contributed by atoms with Crippen molar-refractivity contribution < 1.29 is 23.8 Å². The summed E-state index contributed by atoms with van der Waals surface area (Å²) in [5.41, 5.74) is 1.79. The Labute approximate surface area is 239 Å².